The summed E-state index contributed by atoms with van der Waals surface area (Å²) in [5, 5.41) is 18.0. The summed E-state index contributed by atoms with van der Waals surface area (Å²) in [5.74, 6) is -1.03. The molecule has 43 heavy (non-hydrogen) atoms. The van der Waals surface area contributed by atoms with Crippen molar-refractivity contribution in [2.75, 3.05) is 51.8 Å². The Morgan fingerprint density at radius 2 is 2.05 bits per heavy atom. The lowest BCUT2D eigenvalue weighted by Gasteiger charge is -2.43. The molecule has 3 aliphatic heterocycles. The first kappa shape index (κ1) is 29.0. The van der Waals surface area contributed by atoms with E-state index in [-0.39, 0.29) is 19.0 Å². The second-order valence-corrected chi connectivity index (χ2v) is 12.0. The molecule has 11 nitrogen and oxygen atoms in total. The lowest BCUT2D eigenvalue weighted by Crippen LogP contribution is -2.55. The van der Waals surface area contributed by atoms with Gasteiger partial charge in [0.15, 0.2) is 5.83 Å². The summed E-state index contributed by atoms with van der Waals surface area (Å²) in [7, 11) is 4.22. The molecule has 0 bridgehead atoms. The number of fused-ring (bicyclic) bond motifs is 2. The number of anilines is 1. The summed E-state index contributed by atoms with van der Waals surface area (Å²) >= 11 is 0. The lowest BCUT2D eigenvalue weighted by molar-refractivity contribution is -0.131. The third-order valence-electron chi connectivity index (χ3n) is 9.27. The first-order valence-electron chi connectivity index (χ1n) is 14.9. The number of benzene rings is 1. The van der Waals surface area contributed by atoms with E-state index in [1.54, 1.807) is 0 Å². The molecule has 0 aliphatic carbocycles. The third-order valence-corrected chi connectivity index (χ3v) is 9.27. The van der Waals surface area contributed by atoms with E-state index in [0.717, 1.165) is 47.4 Å². The summed E-state index contributed by atoms with van der Waals surface area (Å²) in [6, 6.07) is 6.57. The highest BCUT2D eigenvalue weighted by atomic mass is 19.1. The predicted octanol–water partition coefficient (Wildman–Crippen LogP) is 3.28. The van der Waals surface area contributed by atoms with Crippen LogP contribution in [0.2, 0.25) is 0 Å². The van der Waals surface area contributed by atoms with Crippen molar-refractivity contribution in [2.45, 2.75) is 57.3 Å². The topological polar surface area (TPSA) is 118 Å². The average Bonchev–Trinajstić information content (AvgIpc) is 3.64. The average molecular weight is 588 g/mol. The summed E-state index contributed by atoms with van der Waals surface area (Å²) in [6.07, 6.45) is 4.84. The normalized spacial score (nSPS) is 22.9. The summed E-state index contributed by atoms with van der Waals surface area (Å²) < 4.78 is 20.1. The number of amides is 1. The van der Waals surface area contributed by atoms with Crippen LogP contribution in [0.3, 0.4) is 0 Å². The van der Waals surface area contributed by atoms with E-state index in [1.807, 2.05) is 6.20 Å². The van der Waals surface area contributed by atoms with Crippen LogP contribution < -0.4 is 9.64 Å². The lowest BCUT2D eigenvalue weighted by atomic mass is 9.89. The third kappa shape index (κ3) is 5.55. The van der Waals surface area contributed by atoms with Gasteiger partial charge in [0, 0.05) is 55.6 Å². The number of nitrogens with one attached hydrogen (secondary N) is 1. The number of hydrogen-bond acceptors (Lipinski definition) is 9. The number of piperazine rings is 1. The Kier molecular flexibility index (Phi) is 8.03. The molecule has 3 aliphatic rings. The number of carbonyl (C=O) groups excluding carboxylic acids is 1. The van der Waals surface area contributed by atoms with Gasteiger partial charge in [-0.05, 0) is 57.6 Å². The number of aryl methyl sites for hydroxylation is 1. The van der Waals surface area contributed by atoms with Gasteiger partial charge in [-0.2, -0.15) is 20.3 Å². The summed E-state index contributed by atoms with van der Waals surface area (Å²) in [5.41, 5.74) is 5.35. The maximum atomic E-state index is 13.8. The molecular formula is C31H38FN9O2. The Morgan fingerprint density at radius 1 is 1.21 bits per heavy atom. The van der Waals surface area contributed by atoms with Crippen molar-refractivity contribution in [3.05, 3.63) is 53.1 Å². The highest BCUT2D eigenvalue weighted by Gasteiger charge is 2.37. The molecule has 226 valence electrons. The standard InChI is InChI=1S/C31H38FN9O2/c1-19-7-8-25-23(15-34-37-25)28(19)27-14-26-24(17-39(27)4)29(36-31(35-26)43-18-22-6-5-11-38(22)3)40-12-13-41(30(42)20(2)32)21(16-40)9-10-33/h7-8,15,21-22,27H,2,5-6,9,11-14,16-18H2,1,3-4H3,(H,34,37)/t21-,22-,27?/m0/s1. The Labute approximate surface area is 250 Å². The minimum absolute atomic E-state index is 0.0711. The second kappa shape index (κ2) is 11.9. The van der Waals surface area contributed by atoms with Gasteiger partial charge in [-0.15, -0.1) is 0 Å². The number of halogens is 1. The molecule has 12 heteroatoms. The first-order chi connectivity index (χ1) is 20.7. The maximum absolute atomic E-state index is 13.8. The molecule has 6 rings (SSSR count). The zero-order valence-electron chi connectivity index (χ0n) is 25.0. The molecular weight excluding hydrogens is 549 g/mol. The van der Waals surface area contributed by atoms with Crippen molar-refractivity contribution in [3.8, 4) is 12.1 Å². The number of rotatable bonds is 7. The zero-order valence-corrected chi connectivity index (χ0v) is 25.0. The Balaban J connectivity index is 1.36. The monoisotopic (exact) mass is 587 g/mol. The van der Waals surface area contributed by atoms with Crippen molar-refractivity contribution in [1.82, 2.24) is 34.9 Å². The van der Waals surface area contributed by atoms with E-state index in [0.29, 0.717) is 44.7 Å². The molecule has 0 radical (unpaired) electrons. The van der Waals surface area contributed by atoms with Crippen molar-refractivity contribution in [1.29, 1.82) is 5.26 Å². The van der Waals surface area contributed by atoms with E-state index in [2.05, 4.69) is 70.7 Å². The zero-order chi connectivity index (χ0) is 30.2. The largest absolute Gasteiger partial charge is 0.462 e. The summed E-state index contributed by atoms with van der Waals surface area (Å²) in [4.78, 5) is 30.6. The predicted molar refractivity (Wildman–Crippen MR) is 160 cm³/mol. The Morgan fingerprint density at radius 3 is 2.79 bits per heavy atom. The molecule has 1 unspecified atom stereocenters. The minimum Gasteiger partial charge on any atom is -0.462 e. The van der Waals surface area contributed by atoms with Gasteiger partial charge in [0.1, 0.15) is 12.4 Å². The van der Waals surface area contributed by atoms with Crippen molar-refractivity contribution in [2.24, 2.45) is 0 Å². The van der Waals surface area contributed by atoms with Crippen LogP contribution in [0.4, 0.5) is 10.2 Å². The van der Waals surface area contributed by atoms with Crippen LogP contribution >= 0.6 is 0 Å². The fourth-order valence-corrected chi connectivity index (χ4v) is 6.88. The van der Waals surface area contributed by atoms with Gasteiger partial charge in [0.25, 0.3) is 5.91 Å². The van der Waals surface area contributed by atoms with E-state index in [9.17, 15) is 14.4 Å². The molecule has 1 aromatic carbocycles. The minimum atomic E-state index is -1.01. The van der Waals surface area contributed by atoms with Gasteiger partial charge in [-0.1, -0.05) is 12.6 Å². The molecule has 3 aromatic rings. The molecule has 2 fully saturated rings. The van der Waals surface area contributed by atoms with Crippen molar-refractivity contribution in [3.63, 3.8) is 0 Å². The van der Waals surface area contributed by atoms with Crippen LogP contribution in [-0.4, -0.2) is 99.7 Å². The van der Waals surface area contributed by atoms with Crippen LogP contribution in [0.15, 0.2) is 30.7 Å². The Hall–Kier alpha value is -4.08. The van der Waals surface area contributed by atoms with Crippen LogP contribution in [-0.2, 0) is 17.8 Å². The van der Waals surface area contributed by atoms with E-state index in [1.165, 1.54) is 16.0 Å². The smallest absolute Gasteiger partial charge is 0.318 e. The number of likely N-dealkylation sites (N-methyl/N-ethyl adjacent to an activating group) is 2. The van der Waals surface area contributed by atoms with Crippen LogP contribution in [0.1, 0.15) is 47.7 Å². The number of ether oxygens (including phenoxy) is 1. The van der Waals surface area contributed by atoms with Crippen LogP contribution in [0, 0.1) is 18.3 Å². The molecule has 1 amide bonds. The van der Waals surface area contributed by atoms with E-state index in [4.69, 9.17) is 14.7 Å². The molecule has 2 aromatic heterocycles. The first-order valence-corrected chi connectivity index (χ1v) is 14.9. The second-order valence-electron chi connectivity index (χ2n) is 12.0. The molecule has 5 heterocycles. The SMILES string of the molecule is C=C(F)C(=O)N1CCN(c2nc(OC[C@@H]3CCCN3C)nc3c2CN(C)C(c2c(C)ccc4[nH]ncc24)C3)C[C@@H]1CC#N. The van der Waals surface area contributed by atoms with Crippen molar-refractivity contribution < 1.29 is 13.9 Å². The number of carbonyl (C=O) groups is 1. The number of H-pyrrole nitrogens is 1. The van der Waals surface area contributed by atoms with Crippen molar-refractivity contribution >= 4 is 22.6 Å². The van der Waals surface area contributed by atoms with Gasteiger partial charge in [0.05, 0.1) is 35.9 Å². The molecule has 0 saturated carbocycles. The van der Waals surface area contributed by atoms with Crippen LogP contribution in [0.5, 0.6) is 6.01 Å². The highest BCUT2D eigenvalue weighted by Crippen LogP contribution is 2.40. The van der Waals surface area contributed by atoms with Crippen LogP contribution in [0.25, 0.3) is 10.9 Å². The fraction of sp³-hybridized carbons (Fsp3) is 0.516. The maximum Gasteiger partial charge on any atom is 0.318 e. The fourth-order valence-electron chi connectivity index (χ4n) is 6.88. The molecule has 0 spiro atoms. The van der Waals surface area contributed by atoms with Gasteiger partial charge in [-0.3, -0.25) is 14.8 Å². The van der Waals surface area contributed by atoms with Gasteiger partial charge >= 0.3 is 6.01 Å². The number of hydrogen-bond donors (Lipinski definition) is 1. The van der Waals surface area contributed by atoms with Gasteiger partial charge in [0.2, 0.25) is 0 Å². The van der Waals surface area contributed by atoms with Gasteiger partial charge < -0.3 is 19.4 Å². The number of nitrogens with zero attached hydrogens (tertiary/aromatic N) is 8. The number of aromatic amines is 1. The molecule has 1 N–H and O–H groups in total. The van der Waals surface area contributed by atoms with E-state index >= 15 is 0 Å². The molecule has 3 atom stereocenters. The number of nitriles is 1. The summed E-state index contributed by atoms with van der Waals surface area (Å²) in [6.45, 7) is 8.52. The van der Waals surface area contributed by atoms with Gasteiger partial charge in [-0.25, -0.2) is 4.39 Å². The highest BCUT2D eigenvalue weighted by molar-refractivity contribution is 5.91. The number of likely N-dealkylation sites (tertiary alicyclic amines) is 1. The Bertz CT molecular complexity index is 1580. The molecule has 2 saturated heterocycles. The van der Waals surface area contributed by atoms with E-state index < -0.39 is 17.8 Å². The number of aromatic nitrogens is 4. The quantitative estimate of drug-likeness (QED) is 0.416.